The van der Waals surface area contributed by atoms with E-state index in [2.05, 4.69) is 0 Å². The van der Waals surface area contributed by atoms with Gasteiger partial charge in [0.05, 0.1) is 25.9 Å². The highest BCUT2D eigenvalue weighted by atomic mass is 16.2. The van der Waals surface area contributed by atoms with Crippen molar-refractivity contribution in [2.45, 2.75) is 38.5 Å². The molecule has 0 aromatic rings. The molecule has 2 fully saturated rings. The van der Waals surface area contributed by atoms with E-state index in [1.165, 1.54) is 0 Å². The lowest BCUT2D eigenvalue weighted by atomic mass is 10.2. The van der Waals surface area contributed by atoms with E-state index in [0.717, 1.165) is 25.7 Å². The summed E-state index contributed by atoms with van der Waals surface area (Å²) in [6.07, 6.45) is 3.82. The zero-order chi connectivity index (χ0) is 14.5. The Kier molecular flexibility index (Phi) is 4.87. The molecule has 0 saturated carbocycles. The van der Waals surface area contributed by atoms with E-state index < -0.39 is 0 Å². The summed E-state index contributed by atoms with van der Waals surface area (Å²) in [5, 5.41) is 0. The number of hydrogen-bond acceptors (Lipinski definition) is 4. The van der Waals surface area contributed by atoms with Crippen molar-refractivity contribution in [3.05, 3.63) is 0 Å². The average Bonchev–Trinajstić information content (AvgIpc) is 2.86. The highest BCUT2D eigenvalue weighted by Crippen LogP contribution is 2.11. The zero-order valence-electron chi connectivity index (χ0n) is 11.6. The second-order valence-electron chi connectivity index (χ2n) is 5.48. The third kappa shape index (κ3) is 3.88. The molecule has 20 heavy (non-hydrogen) atoms. The van der Waals surface area contributed by atoms with E-state index in [4.69, 9.17) is 0 Å². The Bertz CT molecular complexity index is 393. The lowest BCUT2D eigenvalue weighted by molar-refractivity contribution is -0.129. The Morgan fingerprint density at radius 1 is 0.650 bits per heavy atom. The summed E-state index contributed by atoms with van der Waals surface area (Å²) in [4.78, 5) is 48.1. The van der Waals surface area contributed by atoms with Gasteiger partial charge in [-0.1, -0.05) is 12.8 Å². The Morgan fingerprint density at radius 3 is 1.35 bits per heavy atom. The van der Waals surface area contributed by atoms with Gasteiger partial charge < -0.3 is 9.80 Å². The first kappa shape index (κ1) is 14.7. The van der Waals surface area contributed by atoms with Gasteiger partial charge in [-0.05, 0) is 12.8 Å². The molecule has 6 nitrogen and oxygen atoms in total. The largest absolute Gasteiger partial charge is 0.335 e. The minimum atomic E-state index is -0.0591. The molecular formula is C14H20N2O4. The van der Waals surface area contributed by atoms with Crippen molar-refractivity contribution in [3.8, 4) is 0 Å². The molecule has 0 aliphatic carbocycles. The number of carbonyl (C=O) groups is 4. The van der Waals surface area contributed by atoms with Crippen LogP contribution in [0.1, 0.15) is 38.5 Å². The number of unbranched alkanes of at least 4 members (excludes halogenated alkanes) is 3. The Labute approximate surface area is 118 Å². The van der Waals surface area contributed by atoms with Crippen LogP contribution in [0.15, 0.2) is 0 Å². The van der Waals surface area contributed by atoms with Gasteiger partial charge in [-0.2, -0.15) is 0 Å². The van der Waals surface area contributed by atoms with Gasteiger partial charge in [-0.3, -0.25) is 19.2 Å². The molecule has 2 aliphatic rings. The van der Waals surface area contributed by atoms with Crippen LogP contribution in [0.5, 0.6) is 0 Å². The predicted molar refractivity (Wildman–Crippen MR) is 70.9 cm³/mol. The third-order valence-corrected chi connectivity index (χ3v) is 3.74. The minimum Gasteiger partial charge on any atom is -0.335 e. The van der Waals surface area contributed by atoms with Gasteiger partial charge in [-0.15, -0.1) is 0 Å². The Morgan fingerprint density at radius 2 is 1.05 bits per heavy atom. The molecule has 0 bridgehead atoms. The van der Waals surface area contributed by atoms with Crippen LogP contribution in [-0.4, -0.2) is 59.4 Å². The van der Waals surface area contributed by atoms with E-state index in [1.54, 1.807) is 9.80 Å². The van der Waals surface area contributed by atoms with Gasteiger partial charge in [0, 0.05) is 13.1 Å². The lowest BCUT2D eigenvalue weighted by Crippen LogP contribution is -2.27. The van der Waals surface area contributed by atoms with Crippen molar-refractivity contribution in [3.63, 3.8) is 0 Å². The molecule has 0 radical (unpaired) electrons. The molecule has 0 spiro atoms. The van der Waals surface area contributed by atoms with Crippen LogP contribution in [0.3, 0.4) is 0 Å². The number of carbonyl (C=O) groups excluding carboxylic acids is 4. The fraction of sp³-hybridized carbons (Fsp3) is 0.714. The van der Waals surface area contributed by atoms with E-state index in [9.17, 15) is 19.2 Å². The minimum absolute atomic E-state index is 0.00668. The molecule has 0 atom stereocenters. The summed E-state index contributed by atoms with van der Waals surface area (Å²) in [7, 11) is 0. The van der Waals surface area contributed by atoms with Crippen molar-refractivity contribution < 1.29 is 19.2 Å². The molecule has 0 aromatic carbocycles. The summed E-state index contributed by atoms with van der Waals surface area (Å²) in [5.74, 6) is -0.105. The number of likely N-dealkylation sites (tertiary alicyclic amines) is 2. The molecule has 0 unspecified atom stereocenters. The third-order valence-electron chi connectivity index (χ3n) is 3.74. The molecule has 0 aromatic heterocycles. The first-order valence-corrected chi connectivity index (χ1v) is 7.15. The van der Waals surface area contributed by atoms with E-state index >= 15 is 0 Å². The molecule has 6 heteroatoms. The van der Waals surface area contributed by atoms with Crippen LogP contribution in [0.4, 0.5) is 0 Å². The lowest BCUT2D eigenvalue weighted by Gasteiger charge is -2.15. The summed E-state index contributed by atoms with van der Waals surface area (Å²) >= 11 is 0. The van der Waals surface area contributed by atoms with Gasteiger partial charge in [-0.25, -0.2) is 0 Å². The van der Waals surface area contributed by atoms with Crippen molar-refractivity contribution in [1.82, 2.24) is 9.80 Å². The molecule has 2 saturated heterocycles. The molecule has 2 aliphatic heterocycles. The number of ketones is 2. The Balaban J connectivity index is 1.52. The highest BCUT2D eigenvalue weighted by molar-refractivity contribution is 6.05. The molecule has 0 N–H and O–H groups in total. The van der Waals surface area contributed by atoms with Gasteiger partial charge in [0.2, 0.25) is 11.8 Å². The fourth-order valence-corrected chi connectivity index (χ4v) is 2.64. The first-order chi connectivity index (χ1) is 9.56. The van der Waals surface area contributed by atoms with Crippen LogP contribution in [0.2, 0.25) is 0 Å². The smallest absolute Gasteiger partial charge is 0.230 e. The molecule has 2 rings (SSSR count). The second kappa shape index (κ2) is 6.63. The summed E-state index contributed by atoms with van der Waals surface area (Å²) < 4.78 is 0. The Hall–Kier alpha value is -1.72. The van der Waals surface area contributed by atoms with E-state index in [1.807, 2.05) is 0 Å². The average molecular weight is 280 g/mol. The van der Waals surface area contributed by atoms with Crippen molar-refractivity contribution in [2.24, 2.45) is 0 Å². The predicted octanol–water partition coefficient (Wildman–Crippen LogP) is 0.150. The van der Waals surface area contributed by atoms with Crippen LogP contribution >= 0.6 is 0 Å². The number of nitrogens with zero attached hydrogens (tertiary/aromatic N) is 2. The van der Waals surface area contributed by atoms with Gasteiger partial charge in [0.25, 0.3) is 0 Å². The van der Waals surface area contributed by atoms with Gasteiger partial charge in [0.1, 0.15) is 0 Å². The summed E-state index contributed by atoms with van der Waals surface area (Å²) in [6, 6.07) is 0. The van der Waals surface area contributed by atoms with E-state index in [0.29, 0.717) is 13.1 Å². The number of rotatable bonds is 7. The molecule has 110 valence electrons. The fourth-order valence-electron chi connectivity index (χ4n) is 2.64. The maximum absolute atomic E-state index is 11.4. The summed E-state index contributed by atoms with van der Waals surface area (Å²) in [5.41, 5.74) is 0. The normalized spacial score (nSPS) is 19.6. The van der Waals surface area contributed by atoms with Crippen molar-refractivity contribution >= 4 is 23.4 Å². The standard InChI is InChI=1S/C14H20N2O4/c17-11-7-13(19)15(9-11)5-3-1-2-4-6-16-10-12(18)8-14(16)20/h1-10H2. The molecule has 2 amide bonds. The first-order valence-electron chi connectivity index (χ1n) is 7.15. The van der Waals surface area contributed by atoms with Crippen molar-refractivity contribution in [1.29, 1.82) is 0 Å². The van der Waals surface area contributed by atoms with Crippen LogP contribution < -0.4 is 0 Å². The van der Waals surface area contributed by atoms with Gasteiger partial charge >= 0.3 is 0 Å². The maximum Gasteiger partial charge on any atom is 0.230 e. The molecule has 2 heterocycles. The molecular weight excluding hydrogens is 260 g/mol. The number of Topliss-reactive ketones (excluding diaryl/α,β-unsaturated/α-hetero) is 2. The van der Waals surface area contributed by atoms with Gasteiger partial charge in [0.15, 0.2) is 11.6 Å². The maximum atomic E-state index is 11.4. The highest BCUT2D eigenvalue weighted by Gasteiger charge is 2.27. The zero-order valence-corrected chi connectivity index (χ0v) is 11.6. The summed E-state index contributed by atoms with van der Waals surface area (Å²) in [6.45, 7) is 1.82. The monoisotopic (exact) mass is 280 g/mol. The van der Waals surface area contributed by atoms with Crippen molar-refractivity contribution in [2.75, 3.05) is 26.2 Å². The van der Waals surface area contributed by atoms with Crippen LogP contribution in [-0.2, 0) is 19.2 Å². The van der Waals surface area contributed by atoms with Crippen LogP contribution in [0.25, 0.3) is 0 Å². The van der Waals surface area contributed by atoms with E-state index in [-0.39, 0.29) is 49.3 Å². The number of hydrogen-bond donors (Lipinski definition) is 0. The topological polar surface area (TPSA) is 74.8 Å². The van der Waals surface area contributed by atoms with Crippen LogP contribution in [0, 0.1) is 0 Å². The second-order valence-corrected chi connectivity index (χ2v) is 5.48. The SMILES string of the molecule is O=C1CC(=O)N(CCCCCCN2CC(=O)CC2=O)C1. The quantitative estimate of drug-likeness (QED) is 0.491. The number of amides is 2.